The Morgan fingerprint density at radius 2 is 1.98 bits per heavy atom. The summed E-state index contributed by atoms with van der Waals surface area (Å²) in [4.78, 5) is 32.5. The van der Waals surface area contributed by atoms with Gasteiger partial charge in [0.15, 0.2) is 0 Å². The normalized spacial score (nSPS) is 15.9. The van der Waals surface area contributed by atoms with Crippen LogP contribution in [0.15, 0.2) is 72.0 Å². The minimum Gasteiger partial charge on any atom is -0.388 e. The zero-order valence-electron chi connectivity index (χ0n) is 29.8. The van der Waals surface area contributed by atoms with Crippen molar-refractivity contribution in [1.82, 2.24) is 30.4 Å². The molecule has 1 fully saturated rings. The van der Waals surface area contributed by atoms with Crippen LogP contribution in [0.25, 0.3) is 21.9 Å². The van der Waals surface area contributed by atoms with Gasteiger partial charge in [0, 0.05) is 60.3 Å². The molecule has 2 aliphatic rings. The number of rotatable bonds is 10. The van der Waals surface area contributed by atoms with Crippen molar-refractivity contribution < 1.29 is 18.7 Å². The molecule has 1 saturated heterocycles. The van der Waals surface area contributed by atoms with Gasteiger partial charge in [-0.1, -0.05) is 12.2 Å². The maximum absolute atomic E-state index is 14.5. The maximum Gasteiger partial charge on any atom is 0.150 e. The number of thiophene rings is 1. The summed E-state index contributed by atoms with van der Waals surface area (Å²) < 4.78 is 19.4. The Morgan fingerprint density at radius 1 is 1.19 bits per heavy atom. The van der Waals surface area contributed by atoms with Crippen molar-refractivity contribution in [2.24, 2.45) is 0 Å². The highest BCUT2D eigenvalue weighted by atomic mass is 32.1. The molecule has 7 rings (SSSR count). The van der Waals surface area contributed by atoms with Gasteiger partial charge in [0.1, 0.15) is 35.2 Å². The van der Waals surface area contributed by atoms with E-state index in [1.54, 1.807) is 19.1 Å². The molecular weight excluding hydrogens is 680 g/mol. The molecular formula is C39H43FN8O3S. The number of allylic oxidation sites excluding steroid dienone is 4. The Labute approximate surface area is 306 Å². The molecule has 0 bridgehead atoms. The third-order valence-corrected chi connectivity index (χ3v) is 9.97. The van der Waals surface area contributed by atoms with E-state index in [9.17, 15) is 19.2 Å². The number of nitrogens with one attached hydrogen (secondary N) is 4. The lowest BCUT2D eigenvalue weighted by Gasteiger charge is -2.27. The number of hydrogen-bond donors (Lipinski definition) is 4. The number of imidazole rings is 1. The highest BCUT2D eigenvalue weighted by Crippen LogP contribution is 2.27. The number of ether oxygens (including phenoxy) is 1. The van der Waals surface area contributed by atoms with E-state index < -0.39 is 0 Å². The van der Waals surface area contributed by atoms with E-state index in [1.807, 2.05) is 56.4 Å². The Morgan fingerprint density at radius 3 is 2.62 bits per heavy atom. The lowest BCUT2D eigenvalue weighted by atomic mass is 10.0. The van der Waals surface area contributed by atoms with Gasteiger partial charge in [-0.15, -0.1) is 11.3 Å². The van der Waals surface area contributed by atoms with Gasteiger partial charge in [-0.05, 0) is 87.7 Å². The zero-order valence-corrected chi connectivity index (χ0v) is 30.6. The molecule has 0 unspecified atom stereocenters. The molecule has 1 atom stereocenters. The van der Waals surface area contributed by atoms with E-state index in [0.717, 1.165) is 89.1 Å². The summed E-state index contributed by atoms with van der Waals surface area (Å²) in [5.41, 5.74) is 7.91. The summed E-state index contributed by atoms with van der Waals surface area (Å²) >= 11 is 1.17. The second-order valence-corrected chi connectivity index (χ2v) is 13.6. The highest BCUT2D eigenvalue weighted by molar-refractivity contribution is 7.12. The van der Waals surface area contributed by atoms with Gasteiger partial charge < -0.3 is 20.4 Å². The summed E-state index contributed by atoms with van der Waals surface area (Å²) in [6, 6.07) is 13.5. The average Bonchev–Trinajstić information content (AvgIpc) is 3.82. The number of aromatic nitrogens is 4. The van der Waals surface area contributed by atoms with Crippen LogP contribution in [-0.4, -0.2) is 70.5 Å². The van der Waals surface area contributed by atoms with E-state index in [-0.39, 0.29) is 12.4 Å². The molecule has 0 spiro atoms. The minimum absolute atomic E-state index is 0.272. The zero-order chi connectivity index (χ0) is 37.0. The lowest BCUT2D eigenvalue weighted by molar-refractivity contribution is -0.104. The fraction of sp³-hybridized carbons (Fsp3) is 0.308. The molecule has 2 aromatic carbocycles. The average molecular weight is 723 g/mol. The first-order valence-corrected chi connectivity index (χ1v) is 17.9. The van der Waals surface area contributed by atoms with Crippen molar-refractivity contribution in [2.75, 3.05) is 32.1 Å². The topological polar surface area (TPSA) is 152 Å². The van der Waals surface area contributed by atoms with E-state index >= 15 is 0 Å². The van der Waals surface area contributed by atoms with Crippen LogP contribution in [0.4, 0.5) is 10.1 Å². The number of carbonyl (C=O) groups excluding carboxylic acids is 2. The summed E-state index contributed by atoms with van der Waals surface area (Å²) in [6.07, 6.45) is 11.3. The number of halogens is 1. The largest absolute Gasteiger partial charge is 0.388 e. The van der Waals surface area contributed by atoms with Crippen molar-refractivity contribution >= 4 is 51.5 Å². The Hall–Kier alpha value is -5.42. The first-order valence-electron chi connectivity index (χ1n) is 17.1. The number of nitriles is 1. The van der Waals surface area contributed by atoms with Crippen LogP contribution in [-0.2, 0) is 22.6 Å². The first kappa shape index (κ1) is 37.8. The number of hydrogen-bond acceptors (Lipinski definition) is 10. The van der Waals surface area contributed by atoms with Gasteiger partial charge in [-0.3, -0.25) is 19.6 Å². The van der Waals surface area contributed by atoms with Crippen LogP contribution in [0.1, 0.15) is 57.0 Å². The van der Waals surface area contributed by atoms with Gasteiger partial charge in [-0.2, -0.15) is 10.4 Å². The van der Waals surface area contributed by atoms with Gasteiger partial charge >= 0.3 is 0 Å². The van der Waals surface area contributed by atoms with Crippen LogP contribution in [0, 0.1) is 31.0 Å². The molecule has 3 aromatic heterocycles. The summed E-state index contributed by atoms with van der Waals surface area (Å²) in [5, 5.41) is 23.5. The van der Waals surface area contributed by atoms with Crippen molar-refractivity contribution in [3.63, 3.8) is 0 Å². The monoisotopic (exact) mass is 722 g/mol. The van der Waals surface area contributed by atoms with Gasteiger partial charge in [0.05, 0.1) is 40.6 Å². The number of fused-ring (bicyclic) bond motifs is 2. The van der Waals surface area contributed by atoms with Crippen LogP contribution in [0.3, 0.4) is 0 Å². The Balaban J connectivity index is 0.000000249. The number of carbonyl (C=O) groups is 2. The fourth-order valence-electron chi connectivity index (χ4n) is 5.61. The van der Waals surface area contributed by atoms with Crippen LogP contribution < -0.4 is 10.6 Å². The molecule has 5 aromatic rings. The number of aldehydes is 2. The second-order valence-electron chi connectivity index (χ2n) is 12.5. The number of aromatic amines is 2. The van der Waals surface area contributed by atoms with Gasteiger partial charge in [0.25, 0.3) is 0 Å². The van der Waals surface area contributed by atoms with E-state index in [0.29, 0.717) is 33.5 Å². The number of benzene rings is 2. The number of anilines is 1. The molecule has 4 N–H and O–H groups in total. The smallest absolute Gasteiger partial charge is 0.150 e. The Bertz CT molecular complexity index is 2150. The van der Waals surface area contributed by atoms with Crippen molar-refractivity contribution in [3.8, 4) is 6.07 Å². The van der Waals surface area contributed by atoms with E-state index in [2.05, 4.69) is 43.7 Å². The molecule has 0 radical (unpaired) electrons. The molecule has 5 heterocycles. The number of H-pyrrole nitrogens is 2. The summed E-state index contributed by atoms with van der Waals surface area (Å²) in [6.45, 7) is 9.20. The lowest BCUT2D eigenvalue weighted by Crippen LogP contribution is -2.30. The standard InChI is InChI=1S/C26H27FN6OS.C9H8N2O.C4H8O/c1-17-23(14-28)35-24(26(17)27)15-30-20(5-3-4-12-34)18-8-10-33(11-9-18)16-25-31-21-7-6-19(29-2)13-22(21)32-25;1-6-8-4-7(5-12)2-3-9(8)11-10-6;1-4-2-3-5-4/h3-8,12-13,29-30H,9-11,15-16H2,1-2H3,(H,31,32);2-5H,1H3,(H,10,11);4H,2-3H2,1H3/b4-3-,20-5-;;/t;;4-/m..1/s1. The van der Waals surface area contributed by atoms with Gasteiger partial charge in [0.2, 0.25) is 0 Å². The highest BCUT2D eigenvalue weighted by Gasteiger charge is 2.18. The molecule has 0 amide bonds. The molecule has 13 heteroatoms. The third kappa shape index (κ3) is 9.67. The number of nitrogens with zero attached hydrogens (tertiary/aromatic N) is 4. The Kier molecular flexibility index (Phi) is 13.2. The van der Waals surface area contributed by atoms with Crippen LogP contribution >= 0.6 is 11.3 Å². The fourth-order valence-corrected chi connectivity index (χ4v) is 6.53. The first-order chi connectivity index (χ1) is 25.2. The third-order valence-electron chi connectivity index (χ3n) is 8.80. The predicted octanol–water partition coefficient (Wildman–Crippen LogP) is 7.03. The van der Waals surface area contributed by atoms with Crippen LogP contribution in [0.2, 0.25) is 0 Å². The molecule has 270 valence electrons. The van der Waals surface area contributed by atoms with Crippen molar-refractivity contribution in [1.29, 1.82) is 5.26 Å². The molecule has 2 aliphatic heterocycles. The molecule has 52 heavy (non-hydrogen) atoms. The SMILES string of the molecule is CNc1ccc2nc(CN3CC=C(/C(=C/C=C\C=O)NCc4sc(C#N)c(C)c4F)CC3)[nH]c2c1.C[C@@H]1CCO1.Cc1[nH]nc2ccc(C=O)cc12. The predicted molar refractivity (Wildman–Crippen MR) is 204 cm³/mol. The second kappa shape index (κ2) is 18.2. The number of aryl methyl sites for hydroxylation is 1. The van der Waals surface area contributed by atoms with Crippen molar-refractivity contribution in [3.05, 3.63) is 110 Å². The van der Waals surface area contributed by atoms with Crippen LogP contribution in [0.5, 0.6) is 0 Å². The molecule has 11 nitrogen and oxygen atoms in total. The van der Waals surface area contributed by atoms with Crippen molar-refractivity contribution in [2.45, 2.75) is 52.8 Å². The summed E-state index contributed by atoms with van der Waals surface area (Å²) in [5.74, 6) is 0.586. The van der Waals surface area contributed by atoms with E-state index in [4.69, 9.17) is 9.72 Å². The maximum atomic E-state index is 14.5. The van der Waals surface area contributed by atoms with Gasteiger partial charge in [-0.25, -0.2) is 9.37 Å². The summed E-state index contributed by atoms with van der Waals surface area (Å²) in [7, 11) is 1.89. The molecule has 0 aliphatic carbocycles. The minimum atomic E-state index is -0.335. The quantitative estimate of drug-likeness (QED) is 0.0677. The van der Waals surface area contributed by atoms with E-state index in [1.165, 1.54) is 23.8 Å². The molecule has 0 saturated carbocycles.